The molecule has 2 nitrogen and oxygen atoms in total. The van der Waals surface area contributed by atoms with Crippen LogP contribution in [0.15, 0.2) is 0 Å². The van der Waals surface area contributed by atoms with Crippen molar-refractivity contribution < 1.29 is 0 Å². The molecule has 0 aromatic heterocycles. The van der Waals surface area contributed by atoms with Gasteiger partial charge in [0, 0.05) is 12.7 Å². The van der Waals surface area contributed by atoms with Crippen molar-refractivity contribution >= 4 is 0 Å². The molecule has 10 heavy (non-hydrogen) atoms. The Morgan fingerprint density at radius 2 is 2.00 bits per heavy atom. The minimum atomic E-state index is 0.594. The molecule has 0 radical (unpaired) electrons. The van der Waals surface area contributed by atoms with Crippen molar-refractivity contribution in [1.29, 1.82) is 0 Å². The summed E-state index contributed by atoms with van der Waals surface area (Å²) in [7, 11) is 0. The molecule has 0 aromatic carbocycles. The second-order valence-electron chi connectivity index (χ2n) is 2.94. The van der Waals surface area contributed by atoms with Crippen molar-refractivity contribution in [2.75, 3.05) is 13.2 Å². The predicted octanol–water partition coefficient (Wildman–Crippen LogP) is 1.41. The van der Waals surface area contributed by atoms with Crippen LogP contribution in [0.1, 0.15) is 33.6 Å². The van der Waals surface area contributed by atoms with Crippen molar-refractivity contribution in [1.82, 2.24) is 4.90 Å². The molecule has 2 heteroatoms. The lowest BCUT2D eigenvalue weighted by Gasteiger charge is -2.23. The summed E-state index contributed by atoms with van der Waals surface area (Å²) < 4.78 is 0. The zero-order chi connectivity index (χ0) is 7.98. The fourth-order valence-electron chi connectivity index (χ4n) is 0.922. The van der Waals surface area contributed by atoms with E-state index < -0.39 is 0 Å². The highest BCUT2D eigenvalue weighted by atomic mass is 15.2. The van der Waals surface area contributed by atoms with Crippen LogP contribution in [0.3, 0.4) is 0 Å². The first kappa shape index (κ1) is 9.92. The zero-order valence-electron chi connectivity index (χ0n) is 7.43. The van der Waals surface area contributed by atoms with Gasteiger partial charge in [0.25, 0.3) is 0 Å². The van der Waals surface area contributed by atoms with E-state index in [-0.39, 0.29) is 0 Å². The SMILES string of the molecule is CCCCN(CN)C(C)C. The highest BCUT2D eigenvalue weighted by molar-refractivity contribution is 4.58. The fourth-order valence-corrected chi connectivity index (χ4v) is 0.922. The molecule has 0 rings (SSSR count). The standard InChI is InChI=1S/C8H20N2/c1-4-5-6-10(7-9)8(2)3/h8H,4-7,9H2,1-3H3. The highest BCUT2D eigenvalue weighted by Crippen LogP contribution is 1.98. The number of nitrogens with zero attached hydrogens (tertiary/aromatic N) is 1. The van der Waals surface area contributed by atoms with E-state index in [9.17, 15) is 0 Å². The van der Waals surface area contributed by atoms with Gasteiger partial charge in [0.05, 0.1) is 0 Å². The van der Waals surface area contributed by atoms with Crippen molar-refractivity contribution in [2.24, 2.45) is 5.73 Å². The van der Waals surface area contributed by atoms with Gasteiger partial charge < -0.3 is 5.73 Å². The molecule has 0 atom stereocenters. The second-order valence-corrected chi connectivity index (χ2v) is 2.94. The lowest BCUT2D eigenvalue weighted by molar-refractivity contribution is 0.224. The summed E-state index contributed by atoms with van der Waals surface area (Å²) in [5.74, 6) is 0. The van der Waals surface area contributed by atoms with Gasteiger partial charge in [-0.2, -0.15) is 0 Å². The van der Waals surface area contributed by atoms with E-state index in [2.05, 4.69) is 25.7 Å². The van der Waals surface area contributed by atoms with E-state index in [0.29, 0.717) is 12.7 Å². The third-order valence-corrected chi connectivity index (χ3v) is 1.76. The normalized spacial score (nSPS) is 11.4. The number of hydrogen-bond donors (Lipinski definition) is 1. The average Bonchev–Trinajstić information content (AvgIpc) is 1.89. The predicted molar refractivity (Wildman–Crippen MR) is 45.8 cm³/mol. The molecule has 0 unspecified atom stereocenters. The third kappa shape index (κ3) is 3.85. The zero-order valence-corrected chi connectivity index (χ0v) is 7.43. The summed E-state index contributed by atoms with van der Waals surface area (Å²) in [5, 5.41) is 0. The maximum Gasteiger partial charge on any atom is 0.0457 e. The van der Waals surface area contributed by atoms with Gasteiger partial charge in [0.1, 0.15) is 0 Å². The summed E-state index contributed by atoms with van der Waals surface area (Å²) in [5.41, 5.74) is 5.54. The molecule has 0 heterocycles. The van der Waals surface area contributed by atoms with Crippen LogP contribution in [0.5, 0.6) is 0 Å². The lowest BCUT2D eigenvalue weighted by Crippen LogP contribution is -2.36. The Kier molecular flexibility index (Phi) is 5.64. The molecule has 0 aliphatic carbocycles. The summed E-state index contributed by atoms with van der Waals surface area (Å²) >= 11 is 0. The molecule has 0 aliphatic heterocycles. The van der Waals surface area contributed by atoms with Gasteiger partial charge in [-0.05, 0) is 26.8 Å². The van der Waals surface area contributed by atoms with Crippen LogP contribution in [-0.4, -0.2) is 24.2 Å². The molecule has 0 spiro atoms. The quantitative estimate of drug-likeness (QED) is 0.591. The maximum absolute atomic E-state index is 5.54. The summed E-state index contributed by atoms with van der Waals surface area (Å²) in [4.78, 5) is 2.28. The fraction of sp³-hybridized carbons (Fsp3) is 1.00. The van der Waals surface area contributed by atoms with Crippen molar-refractivity contribution in [2.45, 2.75) is 39.7 Å². The van der Waals surface area contributed by atoms with E-state index in [0.717, 1.165) is 6.54 Å². The topological polar surface area (TPSA) is 29.3 Å². The lowest BCUT2D eigenvalue weighted by atomic mass is 10.3. The molecular formula is C8H20N2. The number of nitrogens with two attached hydrogens (primary N) is 1. The Balaban J connectivity index is 3.40. The molecule has 0 aliphatic rings. The van der Waals surface area contributed by atoms with Gasteiger partial charge in [-0.25, -0.2) is 0 Å². The van der Waals surface area contributed by atoms with Crippen LogP contribution in [0.2, 0.25) is 0 Å². The van der Waals surface area contributed by atoms with E-state index in [1.165, 1.54) is 12.8 Å². The van der Waals surface area contributed by atoms with Crippen molar-refractivity contribution in [3.63, 3.8) is 0 Å². The smallest absolute Gasteiger partial charge is 0.0457 e. The molecule has 0 bridgehead atoms. The summed E-state index contributed by atoms with van der Waals surface area (Å²) in [6.07, 6.45) is 2.51. The summed E-state index contributed by atoms with van der Waals surface area (Å²) in [6.45, 7) is 8.41. The number of rotatable bonds is 5. The van der Waals surface area contributed by atoms with Crippen LogP contribution in [0.4, 0.5) is 0 Å². The van der Waals surface area contributed by atoms with E-state index in [1.807, 2.05) is 0 Å². The first-order valence-electron chi connectivity index (χ1n) is 4.16. The first-order chi connectivity index (χ1) is 4.72. The van der Waals surface area contributed by atoms with Crippen LogP contribution in [-0.2, 0) is 0 Å². The average molecular weight is 144 g/mol. The molecule has 0 saturated carbocycles. The molecule has 0 aromatic rings. The monoisotopic (exact) mass is 144 g/mol. The van der Waals surface area contributed by atoms with Crippen LogP contribution >= 0.6 is 0 Å². The Morgan fingerprint density at radius 3 is 2.30 bits per heavy atom. The Morgan fingerprint density at radius 1 is 1.40 bits per heavy atom. The minimum absolute atomic E-state index is 0.594. The molecule has 0 fully saturated rings. The molecular weight excluding hydrogens is 124 g/mol. The maximum atomic E-state index is 5.54. The largest absolute Gasteiger partial charge is 0.318 e. The Hall–Kier alpha value is -0.0800. The second kappa shape index (κ2) is 5.69. The van der Waals surface area contributed by atoms with E-state index in [1.54, 1.807) is 0 Å². The van der Waals surface area contributed by atoms with Crippen LogP contribution in [0.25, 0.3) is 0 Å². The number of hydrogen-bond acceptors (Lipinski definition) is 2. The van der Waals surface area contributed by atoms with Crippen molar-refractivity contribution in [3.8, 4) is 0 Å². The van der Waals surface area contributed by atoms with Gasteiger partial charge in [0.2, 0.25) is 0 Å². The van der Waals surface area contributed by atoms with Crippen LogP contribution in [0, 0.1) is 0 Å². The van der Waals surface area contributed by atoms with Gasteiger partial charge >= 0.3 is 0 Å². The Labute approximate surface area is 64.4 Å². The van der Waals surface area contributed by atoms with Gasteiger partial charge in [-0.3, -0.25) is 4.90 Å². The van der Waals surface area contributed by atoms with E-state index in [4.69, 9.17) is 5.73 Å². The van der Waals surface area contributed by atoms with Crippen LogP contribution < -0.4 is 5.73 Å². The molecule has 62 valence electrons. The first-order valence-corrected chi connectivity index (χ1v) is 4.16. The summed E-state index contributed by atoms with van der Waals surface area (Å²) in [6, 6.07) is 0.594. The Bertz CT molecular complexity index is 71.7. The van der Waals surface area contributed by atoms with Gasteiger partial charge in [0.15, 0.2) is 0 Å². The third-order valence-electron chi connectivity index (χ3n) is 1.76. The van der Waals surface area contributed by atoms with E-state index >= 15 is 0 Å². The minimum Gasteiger partial charge on any atom is -0.318 e. The molecule has 0 saturated heterocycles. The molecule has 0 amide bonds. The molecule has 2 N–H and O–H groups in total. The van der Waals surface area contributed by atoms with Crippen molar-refractivity contribution in [3.05, 3.63) is 0 Å². The number of unbranched alkanes of at least 4 members (excludes halogenated alkanes) is 1. The highest BCUT2D eigenvalue weighted by Gasteiger charge is 2.04. The van der Waals surface area contributed by atoms with Gasteiger partial charge in [-0.15, -0.1) is 0 Å². The van der Waals surface area contributed by atoms with Gasteiger partial charge in [-0.1, -0.05) is 13.3 Å².